The fraction of sp³-hybridized carbons (Fsp3) is 0.600. The maximum atomic E-state index is 12.2. The van der Waals surface area contributed by atoms with E-state index in [0.29, 0.717) is 0 Å². The second-order valence-electron chi connectivity index (χ2n) is 5.53. The Bertz CT molecular complexity index is 518. The molecule has 20 heavy (non-hydrogen) atoms. The molecular weight excluding hydrogens is 272 g/mol. The smallest absolute Gasteiger partial charge is 0.252 e. The summed E-state index contributed by atoms with van der Waals surface area (Å²) in [7, 11) is 0. The quantitative estimate of drug-likeness (QED) is 0.926. The van der Waals surface area contributed by atoms with Crippen LogP contribution in [0.15, 0.2) is 5.38 Å². The van der Waals surface area contributed by atoms with Gasteiger partial charge in [-0.2, -0.15) is 0 Å². The van der Waals surface area contributed by atoms with E-state index in [1.165, 1.54) is 16.9 Å². The predicted molar refractivity (Wildman–Crippen MR) is 79.1 cm³/mol. The number of hydrogen-bond donors (Lipinski definition) is 1. The predicted octanol–water partition coefficient (Wildman–Crippen LogP) is 1.98. The summed E-state index contributed by atoms with van der Waals surface area (Å²) in [6.07, 6.45) is 6.65. The Morgan fingerprint density at radius 1 is 1.15 bits per heavy atom. The molecule has 1 saturated heterocycles. The lowest BCUT2D eigenvalue weighted by Crippen LogP contribution is -2.38. The molecule has 0 unspecified atom stereocenters. The number of amides is 2. The van der Waals surface area contributed by atoms with Gasteiger partial charge in [-0.25, -0.2) is 0 Å². The summed E-state index contributed by atoms with van der Waals surface area (Å²) in [4.78, 5) is 27.3. The number of carbonyl (C=O) groups excluding carboxylic acids is 2. The van der Waals surface area contributed by atoms with Crippen molar-refractivity contribution in [2.75, 3.05) is 19.6 Å². The van der Waals surface area contributed by atoms with E-state index in [1.54, 1.807) is 11.3 Å². The van der Waals surface area contributed by atoms with Gasteiger partial charge in [0.1, 0.15) is 0 Å². The molecule has 0 atom stereocenters. The van der Waals surface area contributed by atoms with Gasteiger partial charge in [-0.1, -0.05) is 0 Å². The molecule has 108 valence electrons. The van der Waals surface area contributed by atoms with E-state index >= 15 is 0 Å². The van der Waals surface area contributed by atoms with Crippen molar-refractivity contribution in [2.45, 2.75) is 38.5 Å². The van der Waals surface area contributed by atoms with Crippen molar-refractivity contribution in [2.24, 2.45) is 0 Å². The standard InChI is InChI=1S/C15H20N2O2S/c18-14(17-7-3-4-8-17)9-16-15(19)12-10-20-13-6-2-1-5-11(12)13/h10H,1-9H2,(H,16,19). The number of fused-ring (bicyclic) bond motifs is 1. The minimum absolute atomic E-state index is 0.0416. The van der Waals surface area contributed by atoms with E-state index in [0.717, 1.165) is 50.8 Å². The minimum Gasteiger partial charge on any atom is -0.343 e. The number of aryl methyl sites for hydroxylation is 1. The maximum Gasteiger partial charge on any atom is 0.252 e. The first-order chi connectivity index (χ1) is 9.75. The van der Waals surface area contributed by atoms with Crippen LogP contribution >= 0.6 is 11.3 Å². The number of thiophene rings is 1. The average Bonchev–Trinajstić information content (AvgIpc) is 3.13. The Kier molecular flexibility index (Phi) is 4.05. The molecule has 0 bridgehead atoms. The van der Waals surface area contributed by atoms with Gasteiger partial charge >= 0.3 is 0 Å². The average molecular weight is 292 g/mol. The molecule has 0 aromatic carbocycles. The minimum atomic E-state index is -0.0862. The normalized spacial score (nSPS) is 17.9. The molecule has 0 radical (unpaired) electrons. The van der Waals surface area contributed by atoms with Gasteiger partial charge in [-0.3, -0.25) is 9.59 Å². The van der Waals surface area contributed by atoms with Crippen molar-refractivity contribution in [3.63, 3.8) is 0 Å². The second-order valence-corrected chi connectivity index (χ2v) is 6.49. The summed E-state index contributed by atoms with van der Waals surface area (Å²) < 4.78 is 0. The molecule has 2 aliphatic rings. The summed E-state index contributed by atoms with van der Waals surface area (Å²) in [5.41, 5.74) is 2.01. The van der Waals surface area contributed by atoms with Gasteiger partial charge in [0.05, 0.1) is 12.1 Å². The van der Waals surface area contributed by atoms with Gasteiger partial charge in [0, 0.05) is 23.3 Å². The lowest BCUT2D eigenvalue weighted by atomic mass is 9.96. The van der Waals surface area contributed by atoms with Crippen molar-refractivity contribution in [3.05, 3.63) is 21.4 Å². The molecule has 1 aliphatic heterocycles. The van der Waals surface area contributed by atoms with Crippen LogP contribution in [0.25, 0.3) is 0 Å². The second kappa shape index (κ2) is 5.95. The Labute approximate surface area is 123 Å². The van der Waals surface area contributed by atoms with E-state index < -0.39 is 0 Å². The maximum absolute atomic E-state index is 12.2. The highest BCUT2D eigenvalue weighted by molar-refractivity contribution is 7.10. The molecule has 1 aromatic rings. The van der Waals surface area contributed by atoms with Crippen LogP contribution in [0.5, 0.6) is 0 Å². The fourth-order valence-corrected chi connectivity index (χ4v) is 4.14. The van der Waals surface area contributed by atoms with Gasteiger partial charge < -0.3 is 10.2 Å². The molecule has 0 saturated carbocycles. The summed E-state index contributed by atoms with van der Waals surface area (Å²) in [6, 6.07) is 0. The summed E-state index contributed by atoms with van der Waals surface area (Å²) >= 11 is 1.68. The highest BCUT2D eigenvalue weighted by atomic mass is 32.1. The number of hydrogen-bond acceptors (Lipinski definition) is 3. The summed E-state index contributed by atoms with van der Waals surface area (Å²) in [5, 5.41) is 4.74. The van der Waals surface area contributed by atoms with Crippen LogP contribution in [0.3, 0.4) is 0 Å². The van der Waals surface area contributed by atoms with Crippen molar-refractivity contribution < 1.29 is 9.59 Å². The van der Waals surface area contributed by atoms with Crippen LogP contribution in [0.4, 0.5) is 0 Å². The number of nitrogens with one attached hydrogen (secondary N) is 1. The van der Waals surface area contributed by atoms with Crippen LogP contribution < -0.4 is 5.32 Å². The summed E-state index contributed by atoms with van der Waals surface area (Å²) in [6.45, 7) is 1.80. The topological polar surface area (TPSA) is 49.4 Å². The zero-order chi connectivity index (χ0) is 13.9. The first-order valence-corrected chi connectivity index (χ1v) is 8.29. The largest absolute Gasteiger partial charge is 0.343 e. The lowest BCUT2D eigenvalue weighted by Gasteiger charge is -2.16. The SMILES string of the molecule is O=C(NCC(=O)N1CCCC1)c1csc2c1CCCC2. The van der Waals surface area contributed by atoms with Crippen LogP contribution in [0, 0.1) is 0 Å². The molecule has 1 aliphatic carbocycles. The Balaban J connectivity index is 1.59. The molecule has 0 spiro atoms. The third-order valence-electron chi connectivity index (χ3n) is 4.16. The third-order valence-corrected chi connectivity index (χ3v) is 5.25. The molecule has 4 nitrogen and oxygen atoms in total. The van der Waals surface area contributed by atoms with Gasteiger partial charge in [-0.05, 0) is 44.1 Å². The highest BCUT2D eigenvalue weighted by Gasteiger charge is 2.22. The lowest BCUT2D eigenvalue weighted by molar-refractivity contribution is -0.129. The zero-order valence-corrected chi connectivity index (χ0v) is 12.4. The van der Waals surface area contributed by atoms with E-state index in [4.69, 9.17) is 0 Å². The molecule has 1 aromatic heterocycles. The van der Waals surface area contributed by atoms with Crippen LogP contribution in [0.2, 0.25) is 0 Å². The Morgan fingerprint density at radius 3 is 2.70 bits per heavy atom. The zero-order valence-electron chi connectivity index (χ0n) is 11.6. The third kappa shape index (κ3) is 2.73. The van der Waals surface area contributed by atoms with Crippen LogP contribution in [0.1, 0.15) is 46.5 Å². The summed E-state index contributed by atoms with van der Waals surface area (Å²) in [5.74, 6) is -0.0445. The highest BCUT2D eigenvalue weighted by Crippen LogP contribution is 2.30. The fourth-order valence-electron chi connectivity index (χ4n) is 3.01. The van der Waals surface area contributed by atoms with Gasteiger partial charge in [-0.15, -0.1) is 11.3 Å². The number of likely N-dealkylation sites (tertiary alicyclic amines) is 1. The molecule has 2 amide bonds. The molecule has 5 heteroatoms. The van der Waals surface area contributed by atoms with Gasteiger partial charge in [0.15, 0.2) is 0 Å². The number of nitrogens with zero attached hydrogens (tertiary/aromatic N) is 1. The van der Waals surface area contributed by atoms with E-state index in [1.807, 2.05) is 10.3 Å². The van der Waals surface area contributed by atoms with Crippen molar-refractivity contribution in [1.82, 2.24) is 10.2 Å². The molecule has 1 fully saturated rings. The Morgan fingerprint density at radius 2 is 1.90 bits per heavy atom. The Hall–Kier alpha value is -1.36. The first-order valence-electron chi connectivity index (χ1n) is 7.41. The number of carbonyl (C=O) groups is 2. The van der Waals surface area contributed by atoms with Crippen molar-refractivity contribution in [3.8, 4) is 0 Å². The van der Waals surface area contributed by atoms with Crippen molar-refractivity contribution >= 4 is 23.2 Å². The molecular formula is C15H20N2O2S. The van der Waals surface area contributed by atoms with E-state index in [-0.39, 0.29) is 18.4 Å². The van der Waals surface area contributed by atoms with Crippen molar-refractivity contribution in [1.29, 1.82) is 0 Å². The van der Waals surface area contributed by atoms with E-state index in [9.17, 15) is 9.59 Å². The van der Waals surface area contributed by atoms with Gasteiger partial charge in [0.25, 0.3) is 5.91 Å². The first kappa shape index (κ1) is 13.6. The monoisotopic (exact) mass is 292 g/mol. The number of rotatable bonds is 3. The molecule has 1 N–H and O–H groups in total. The molecule has 2 heterocycles. The van der Waals surface area contributed by atoms with Crippen LogP contribution in [-0.2, 0) is 17.6 Å². The molecule has 3 rings (SSSR count). The van der Waals surface area contributed by atoms with E-state index in [2.05, 4.69) is 5.32 Å². The van der Waals surface area contributed by atoms with Gasteiger partial charge in [0.2, 0.25) is 5.91 Å². The van der Waals surface area contributed by atoms with Crippen LogP contribution in [-0.4, -0.2) is 36.3 Å².